The van der Waals surface area contributed by atoms with E-state index in [4.69, 9.17) is 4.74 Å². The Hall–Kier alpha value is -3.99. The van der Waals surface area contributed by atoms with Crippen LogP contribution in [0.4, 0.5) is 0 Å². The van der Waals surface area contributed by atoms with Crippen LogP contribution in [0.5, 0.6) is 5.75 Å². The number of H-pyrrole nitrogens is 1. The highest BCUT2D eigenvalue weighted by Gasteiger charge is 2.04. The molecule has 5 aromatic rings. The molecule has 0 aliphatic carbocycles. The summed E-state index contributed by atoms with van der Waals surface area (Å²) in [5, 5.41) is 7.97. The van der Waals surface area contributed by atoms with Gasteiger partial charge in [-0.05, 0) is 47.9 Å². The van der Waals surface area contributed by atoms with Gasteiger partial charge in [0.15, 0.2) is 5.82 Å². The number of benzene rings is 3. The van der Waals surface area contributed by atoms with Gasteiger partial charge in [0.25, 0.3) is 0 Å². The lowest BCUT2D eigenvalue weighted by Crippen LogP contribution is -1.98. The van der Waals surface area contributed by atoms with E-state index in [0.717, 1.165) is 40.2 Å². The van der Waals surface area contributed by atoms with Gasteiger partial charge >= 0.3 is 0 Å². The first-order chi connectivity index (χ1) is 14.8. The molecule has 1 N–H and O–H groups in total. The van der Waals surface area contributed by atoms with Gasteiger partial charge in [0.2, 0.25) is 0 Å². The molecule has 0 unspecified atom stereocenters. The minimum atomic E-state index is 0.448. The molecule has 0 bridgehead atoms. The van der Waals surface area contributed by atoms with Gasteiger partial charge in [0.05, 0.1) is 11.2 Å². The van der Waals surface area contributed by atoms with Crippen LogP contribution in [0.2, 0.25) is 0 Å². The number of aromatic nitrogens is 4. The maximum atomic E-state index is 5.93. The van der Waals surface area contributed by atoms with Crippen molar-refractivity contribution in [3.8, 4) is 17.1 Å². The molecule has 0 radical (unpaired) electrons. The average Bonchev–Trinajstić information content (AvgIpc) is 3.34. The van der Waals surface area contributed by atoms with Gasteiger partial charge in [0.1, 0.15) is 18.7 Å². The minimum Gasteiger partial charge on any atom is -0.487 e. The van der Waals surface area contributed by atoms with E-state index in [2.05, 4.69) is 56.6 Å². The Labute approximate surface area is 174 Å². The van der Waals surface area contributed by atoms with Crippen molar-refractivity contribution in [3.63, 3.8) is 0 Å². The molecular weight excluding hydrogens is 372 g/mol. The van der Waals surface area contributed by atoms with Crippen molar-refractivity contribution in [2.75, 3.05) is 0 Å². The summed E-state index contributed by atoms with van der Waals surface area (Å²) in [7, 11) is 0. The number of nitrogens with zero attached hydrogens (tertiary/aromatic N) is 3. The number of aromatic amines is 1. The van der Waals surface area contributed by atoms with Crippen LogP contribution in [0.3, 0.4) is 0 Å². The molecule has 5 rings (SSSR count). The van der Waals surface area contributed by atoms with Crippen LogP contribution < -0.4 is 4.74 Å². The van der Waals surface area contributed by atoms with E-state index in [1.165, 1.54) is 17.5 Å². The van der Waals surface area contributed by atoms with Gasteiger partial charge in [-0.15, -0.1) is 0 Å². The summed E-state index contributed by atoms with van der Waals surface area (Å²) >= 11 is 0. The van der Waals surface area contributed by atoms with Crippen molar-refractivity contribution in [2.24, 2.45) is 0 Å². The van der Waals surface area contributed by atoms with E-state index >= 15 is 0 Å². The highest BCUT2D eigenvalue weighted by Crippen LogP contribution is 2.20. The molecule has 0 spiro atoms. The third kappa shape index (κ3) is 4.05. The van der Waals surface area contributed by atoms with Crippen molar-refractivity contribution in [1.82, 2.24) is 20.2 Å². The highest BCUT2D eigenvalue weighted by molar-refractivity contribution is 5.78. The van der Waals surface area contributed by atoms with Crippen LogP contribution in [0.15, 0.2) is 91.3 Å². The van der Waals surface area contributed by atoms with Gasteiger partial charge in [0, 0.05) is 10.9 Å². The maximum absolute atomic E-state index is 5.93. The molecule has 0 aliphatic rings. The van der Waals surface area contributed by atoms with Gasteiger partial charge in [-0.2, -0.15) is 5.10 Å². The van der Waals surface area contributed by atoms with Crippen molar-refractivity contribution in [2.45, 2.75) is 13.0 Å². The Morgan fingerprint density at radius 3 is 2.57 bits per heavy atom. The normalized spacial score (nSPS) is 10.9. The quantitative estimate of drug-likeness (QED) is 0.432. The van der Waals surface area contributed by atoms with Crippen LogP contribution in [-0.2, 0) is 13.0 Å². The summed E-state index contributed by atoms with van der Waals surface area (Å²) in [6.45, 7) is 0.448. The standard InChI is InChI=1S/C25H20N4O/c1-2-7-24-20(5-1)10-11-22(28-24)16-30-23-12-8-18(9-13-23)14-19-4-3-6-21(15-19)25-26-17-27-29-25/h1-13,15,17H,14,16H2,(H,26,27,29). The highest BCUT2D eigenvalue weighted by atomic mass is 16.5. The molecule has 146 valence electrons. The predicted molar refractivity (Wildman–Crippen MR) is 117 cm³/mol. The average molecular weight is 392 g/mol. The van der Waals surface area contributed by atoms with Crippen LogP contribution >= 0.6 is 0 Å². The largest absolute Gasteiger partial charge is 0.487 e. The summed E-state index contributed by atoms with van der Waals surface area (Å²) in [5.41, 5.74) is 5.38. The minimum absolute atomic E-state index is 0.448. The summed E-state index contributed by atoms with van der Waals surface area (Å²) < 4.78 is 5.93. The number of hydrogen-bond donors (Lipinski definition) is 1. The van der Waals surface area contributed by atoms with E-state index < -0.39 is 0 Å². The summed E-state index contributed by atoms with van der Waals surface area (Å²) in [5.74, 6) is 1.62. The van der Waals surface area contributed by atoms with Crippen molar-refractivity contribution in [1.29, 1.82) is 0 Å². The summed E-state index contributed by atoms with van der Waals surface area (Å²) in [6, 6.07) is 28.7. The van der Waals surface area contributed by atoms with Gasteiger partial charge in [-0.1, -0.05) is 54.6 Å². The number of ether oxygens (including phenoxy) is 1. The molecule has 2 aromatic heterocycles. The molecular formula is C25H20N4O. The molecule has 0 fully saturated rings. The summed E-state index contributed by atoms with van der Waals surface area (Å²) in [6.07, 6.45) is 2.36. The SMILES string of the molecule is c1cc(Cc2ccc(OCc3ccc4ccccc4n3)cc2)cc(-c2ncn[nH]2)c1. The second kappa shape index (κ2) is 8.17. The first-order valence-corrected chi connectivity index (χ1v) is 9.85. The number of nitrogens with one attached hydrogen (secondary N) is 1. The molecule has 0 atom stereocenters. The van der Waals surface area contributed by atoms with Crippen LogP contribution in [-0.4, -0.2) is 20.2 Å². The Bertz CT molecular complexity index is 1260. The lowest BCUT2D eigenvalue weighted by atomic mass is 10.0. The smallest absolute Gasteiger partial charge is 0.155 e. The second-order valence-electron chi connectivity index (χ2n) is 7.14. The zero-order valence-corrected chi connectivity index (χ0v) is 16.3. The zero-order chi connectivity index (χ0) is 20.2. The van der Waals surface area contributed by atoms with Gasteiger partial charge in [-0.25, -0.2) is 9.97 Å². The Balaban J connectivity index is 1.24. The predicted octanol–water partition coefficient (Wildman–Crippen LogP) is 5.19. The Kier molecular flexibility index (Phi) is 4.92. The van der Waals surface area contributed by atoms with Crippen molar-refractivity contribution < 1.29 is 4.74 Å². The van der Waals surface area contributed by atoms with Crippen LogP contribution in [0, 0.1) is 0 Å². The third-order valence-electron chi connectivity index (χ3n) is 4.99. The van der Waals surface area contributed by atoms with E-state index in [0.29, 0.717) is 6.61 Å². The topological polar surface area (TPSA) is 63.7 Å². The lowest BCUT2D eigenvalue weighted by molar-refractivity contribution is 0.301. The number of rotatable bonds is 6. The molecule has 0 saturated carbocycles. The Morgan fingerprint density at radius 2 is 1.70 bits per heavy atom. The fourth-order valence-corrected chi connectivity index (χ4v) is 3.46. The number of hydrogen-bond acceptors (Lipinski definition) is 4. The van der Waals surface area contributed by atoms with Crippen LogP contribution in [0.1, 0.15) is 16.8 Å². The molecule has 5 nitrogen and oxygen atoms in total. The zero-order valence-electron chi connectivity index (χ0n) is 16.3. The molecule has 30 heavy (non-hydrogen) atoms. The number of para-hydroxylation sites is 1. The lowest BCUT2D eigenvalue weighted by Gasteiger charge is -2.08. The number of pyridine rings is 1. The van der Waals surface area contributed by atoms with Gasteiger partial charge in [-0.3, -0.25) is 5.10 Å². The fraction of sp³-hybridized carbons (Fsp3) is 0.0800. The molecule has 0 amide bonds. The van der Waals surface area contributed by atoms with Crippen LogP contribution in [0.25, 0.3) is 22.3 Å². The van der Waals surface area contributed by atoms with E-state index in [1.54, 1.807) is 0 Å². The number of fused-ring (bicyclic) bond motifs is 1. The molecule has 0 saturated heterocycles. The maximum Gasteiger partial charge on any atom is 0.155 e. The molecule has 2 heterocycles. The molecule has 0 aliphatic heterocycles. The molecule has 3 aromatic carbocycles. The monoisotopic (exact) mass is 392 g/mol. The van der Waals surface area contributed by atoms with E-state index in [9.17, 15) is 0 Å². The van der Waals surface area contributed by atoms with E-state index in [-0.39, 0.29) is 0 Å². The van der Waals surface area contributed by atoms with Gasteiger partial charge < -0.3 is 4.74 Å². The van der Waals surface area contributed by atoms with E-state index in [1.807, 2.05) is 48.5 Å². The first-order valence-electron chi connectivity index (χ1n) is 9.85. The fourth-order valence-electron chi connectivity index (χ4n) is 3.46. The Morgan fingerprint density at radius 1 is 0.800 bits per heavy atom. The first kappa shape index (κ1) is 18.1. The second-order valence-corrected chi connectivity index (χ2v) is 7.14. The third-order valence-corrected chi connectivity index (χ3v) is 4.99. The molecule has 5 heteroatoms. The summed E-state index contributed by atoms with van der Waals surface area (Å²) in [4.78, 5) is 8.88. The van der Waals surface area contributed by atoms with Crippen molar-refractivity contribution >= 4 is 10.9 Å². The van der Waals surface area contributed by atoms with Crippen molar-refractivity contribution in [3.05, 3.63) is 108 Å².